The number of carbonyl (C=O) groups excluding carboxylic acids is 4. The molecule has 3 aliphatic rings. The number of carbonyl (C=O) groups is 4. The van der Waals surface area contributed by atoms with Gasteiger partial charge in [0.2, 0.25) is 23.6 Å². The maximum absolute atomic E-state index is 14.8. The molecule has 0 radical (unpaired) electrons. The van der Waals surface area contributed by atoms with Crippen LogP contribution < -0.4 is 10.6 Å². The van der Waals surface area contributed by atoms with Crippen LogP contribution in [-0.2, 0) is 24.6 Å². The van der Waals surface area contributed by atoms with E-state index in [1.165, 1.54) is 23.8 Å². The smallest absolute Gasteiger partial charge is 0.249 e. The molecular formula is C32H34F3N5O4. The molecule has 0 bridgehead atoms. The number of likely N-dealkylation sites (tertiary alicyclic amines) is 1. The first-order valence-corrected chi connectivity index (χ1v) is 14.4. The summed E-state index contributed by atoms with van der Waals surface area (Å²) < 4.78 is 42.5. The molecule has 1 saturated carbocycles. The van der Waals surface area contributed by atoms with Crippen molar-refractivity contribution in [2.75, 3.05) is 18.9 Å². The van der Waals surface area contributed by atoms with Crippen LogP contribution in [0, 0.1) is 34.2 Å². The molecule has 0 aromatic heterocycles. The third-order valence-electron chi connectivity index (χ3n) is 8.95. The van der Waals surface area contributed by atoms with Crippen molar-refractivity contribution in [3.63, 3.8) is 0 Å². The summed E-state index contributed by atoms with van der Waals surface area (Å²) in [7, 11) is 1.39. The van der Waals surface area contributed by atoms with E-state index in [-0.39, 0.29) is 37.3 Å². The van der Waals surface area contributed by atoms with E-state index >= 15 is 0 Å². The Bertz CT molecular complexity index is 1620. The molecule has 2 aliphatic heterocycles. The van der Waals surface area contributed by atoms with Crippen molar-refractivity contribution in [2.45, 2.75) is 75.9 Å². The van der Waals surface area contributed by atoms with Crippen LogP contribution in [0.25, 0.3) is 0 Å². The summed E-state index contributed by atoms with van der Waals surface area (Å²) in [6.07, 6.45) is 0.128. The van der Waals surface area contributed by atoms with Crippen LogP contribution in [0.1, 0.15) is 64.0 Å². The monoisotopic (exact) mass is 609 g/mol. The Labute approximate surface area is 253 Å². The summed E-state index contributed by atoms with van der Waals surface area (Å²) in [5, 5.41) is 15.5. The van der Waals surface area contributed by atoms with E-state index < -0.39 is 69.5 Å². The predicted molar refractivity (Wildman–Crippen MR) is 153 cm³/mol. The molecule has 2 aromatic rings. The van der Waals surface area contributed by atoms with E-state index in [2.05, 4.69) is 16.7 Å². The lowest BCUT2D eigenvalue weighted by molar-refractivity contribution is -0.148. The molecule has 5 rings (SSSR count). The zero-order valence-electron chi connectivity index (χ0n) is 25.1. The molecule has 2 N–H and O–H groups in total. The number of likely N-dealkylation sites (N-methyl/N-ethyl adjacent to an activating group) is 1. The highest BCUT2D eigenvalue weighted by Gasteiger charge is 2.64. The van der Waals surface area contributed by atoms with Crippen molar-refractivity contribution in [3.8, 4) is 6.07 Å². The first-order valence-electron chi connectivity index (χ1n) is 14.4. The van der Waals surface area contributed by atoms with Crippen molar-refractivity contribution in [3.05, 3.63) is 65.0 Å². The van der Waals surface area contributed by atoms with Crippen molar-refractivity contribution in [2.24, 2.45) is 5.41 Å². The minimum atomic E-state index is -1.70. The number of fused-ring (bicyclic) bond motifs is 2. The summed E-state index contributed by atoms with van der Waals surface area (Å²) in [6, 6.07) is 8.24. The Hall–Kier alpha value is -4.40. The van der Waals surface area contributed by atoms with Crippen molar-refractivity contribution in [1.29, 1.82) is 5.26 Å². The number of hydrogen-bond acceptors (Lipinski definition) is 5. The summed E-state index contributed by atoms with van der Waals surface area (Å²) in [5.74, 6) is -6.94. The highest BCUT2D eigenvalue weighted by Crippen LogP contribution is 2.54. The number of nitriles is 1. The van der Waals surface area contributed by atoms with Gasteiger partial charge in [-0.25, -0.2) is 13.2 Å². The van der Waals surface area contributed by atoms with E-state index in [1.54, 1.807) is 24.3 Å². The third-order valence-corrected chi connectivity index (χ3v) is 8.95. The minimum absolute atomic E-state index is 0.0743. The predicted octanol–water partition coefficient (Wildman–Crippen LogP) is 3.74. The molecule has 3 unspecified atom stereocenters. The summed E-state index contributed by atoms with van der Waals surface area (Å²) in [4.78, 5) is 56.6. The zero-order valence-corrected chi connectivity index (χ0v) is 25.1. The van der Waals surface area contributed by atoms with Gasteiger partial charge in [0, 0.05) is 44.6 Å². The van der Waals surface area contributed by atoms with Gasteiger partial charge in [0.05, 0.1) is 11.5 Å². The van der Waals surface area contributed by atoms with Gasteiger partial charge in [0.15, 0.2) is 11.6 Å². The lowest BCUT2D eigenvalue weighted by atomic mass is 9.80. The van der Waals surface area contributed by atoms with Crippen molar-refractivity contribution in [1.82, 2.24) is 15.1 Å². The average molecular weight is 610 g/mol. The molecule has 12 heteroatoms. The number of rotatable bonds is 6. The van der Waals surface area contributed by atoms with Crippen LogP contribution in [0.4, 0.5) is 18.9 Å². The summed E-state index contributed by atoms with van der Waals surface area (Å²) in [5.41, 5.74) is -2.30. The average Bonchev–Trinajstić information content (AvgIpc) is 3.40. The normalized spacial score (nSPS) is 26.1. The van der Waals surface area contributed by atoms with E-state index in [0.717, 1.165) is 0 Å². The number of benzene rings is 2. The number of para-hydroxylation sites is 1. The Morgan fingerprint density at radius 1 is 1.14 bits per heavy atom. The Kier molecular flexibility index (Phi) is 7.51. The van der Waals surface area contributed by atoms with Gasteiger partial charge < -0.3 is 20.4 Å². The first-order chi connectivity index (χ1) is 20.5. The Morgan fingerprint density at radius 3 is 2.43 bits per heavy atom. The van der Waals surface area contributed by atoms with Gasteiger partial charge in [-0.2, -0.15) is 5.26 Å². The quantitative estimate of drug-likeness (QED) is 0.484. The maximum atomic E-state index is 14.8. The van der Waals surface area contributed by atoms with Crippen LogP contribution in [0.15, 0.2) is 36.4 Å². The molecule has 232 valence electrons. The fraction of sp³-hybridized carbons (Fsp3) is 0.469. The third kappa shape index (κ3) is 5.08. The van der Waals surface area contributed by atoms with Gasteiger partial charge in [-0.05, 0) is 41.5 Å². The highest BCUT2D eigenvalue weighted by atomic mass is 19.2. The zero-order chi connectivity index (χ0) is 32.4. The van der Waals surface area contributed by atoms with Crippen LogP contribution in [0.3, 0.4) is 0 Å². The second kappa shape index (κ2) is 10.6. The fourth-order valence-electron chi connectivity index (χ4n) is 6.79. The molecular weight excluding hydrogens is 575 g/mol. The molecule has 9 nitrogen and oxygen atoms in total. The molecule has 2 heterocycles. The summed E-state index contributed by atoms with van der Waals surface area (Å²) >= 11 is 0. The highest BCUT2D eigenvalue weighted by molar-refractivity contribution is 6.07. The SMILES string of the molecule is CC(=O)NC1(C(=O)N(C)[C@@H](CC(C)(C)C)C(=O)N2C[C@]3(CC2C#N)C(=O)Nc2ccccc23)CC1c1cc(F)c(F)cc1F. The molecule has 1 saturated heterocycles. The molecule has 4 amide bonds. The van der Waals surface area contributed by atoms with Gasteiger partial charge in [0.25, 0.3) is 0 Å². The molecule has 1 spiro atoms. The van der Waals surface area contributed by atoms with Crippen LogP contribution >= 0.6 is 0 Å². The van der Waals surface area contributed by atoms with E-state index in [0.29, 0.717) is 23.4 Å². The van der Waals surface area contributed by atoms with Gasteiger partial charge in [-0.3, -0.25) is 19.2 Å². The van der Waals surface area contributed by atoms with E-state index in [1.807, 2.05) is 20.8 Å². The standard InChI is InChI=1S/C32H34F3N5O4/c1-17(41)38-32(13-21(32)19-10-23(34)24(35)11-22(19)33)29(44)39(5)26(14-30(2,3)4)27(42)40-16-31(12-18(40)15-36)20-8-6-7-9-25(20)37-28(31)43/h6-11,18,21,26H,12-14,16H2,1-5H3,(H,37,43)(H,38,41)/t18?,21?,26-,31-,32?/m0/s1. The number of halogens is 3. The van der Waals surface area contributed by atoms with Crippen LogP contribution in [0.2, 0.25) is 0 Å². The maximum Gasteiger partial charge on any atom is 0.249 e. The number of anilines is 1. The van der Waals surface area contributed by atoms with Crippen LogP contribution in [0.5, 0.6) is 0 Å². The first kappa shape index (κ1) is 31.0. The fourth-order valence-corrected chi connectivity index (χ4v) is 6.79. The largest absolute Gasteiger partial charge is 0.341 e. The minimum Gasteiger partial charge on any atom is -0.341 e. The Morgan fingerprint density at radius 2 is 1.80 bits per heavy atom. The van der Waals surface area contributed by atoms with Gasteiger partial charge >= 0.3 is 0 Å². The van der Waals surface area contributed by atoms with Gasteiger partial charge in [-0.1, -0.05) is 39.0 Å². The topological polar surface area (TPSA) is 123 Å². The number of nitrogens with one attached hydrogen (secondary N) is 2. The number of nitrogens with zero attached hydrogens (tertiary/aromatic N) is 3. The van der Waals surface area contributed by atoms with Crippen molar-refractivity contribution >= 4 is 29.3 Å². The second-order valence-corrected chi connectivity index (χ2v) is 13.3. The number of hydrogen-bond donors (Lipinski definition) is 2. The van der Waals surface area contributed by atoms with Gasteiger partial charge in [-0.15, -0.1) is 0 Å². The van der Waals surface area contributed by atoms with Crippen molar-refractivity contribution < 1.29 is 32.3 Å². The molecule has 2 aromatic carbocycles. The molecule has 44 heavy (non-hydrogen) atoms. The molecule has 5 atom stereocenters. The lowest BCUT2D eigenvalue weighted by Crippen LogP contribution is -2.58. The van der Waals surface area contributed by atoms with E-state index in [9.17, 15) is 37.6 Å². The Balaban J connectivity index is 1.49. The van der Waals surface area contributed by atoms with Crippen LogP contribution in [-0.4, -0.2) is 64.6 Å². The number of amides is 4. The lowest BCUT2D eigenvalue weighted by Gasteiger charge is -2.37. The molecule has 2 fully saturated rings. The molecule has 1 aliphatic carbocycles. The van der Waals surface area contributed by atoms with E-state index in [4.69, 9.17) is 0 Å². The van der Waals surface area contributed by atoms with Gasteiger partial charge in [0.1, 0.15) is 23.4 Å². The summed E-state index contributed by atoms with van der Waals surface area (Å²) in [6.45, 7) is 6.73. The second-order valence-electron chi connectivity index (χ2n) is 13.3.